The maximum Gasteiger partial charge on any atom is 0.231 e. The van der Waals surface area contributed by atoms with Crippen LogP contribution >= 0.6 is 0 Å². The number of ether oxygens (including phenoxy) is 1. The fourth-order valence-corrected chi connectivity index (χ4v) is 3.92. The third-order valence-electron chi connectivity index (χ3n) is 5.57. The van der Waals surface area contributed by atoms with Crippen LogP contribution in [0.5, 0.6) is 5.75 Å². The summed E-state index contributed by atoms with van der Waals surface area (Å²) in [4.78, 5) is 26.9. The molecule has 1 aliphatic heterocycles. The van der Waals surface area contributed by atoms with E-state index in [1.165, 1.54) is 0 Å². The van der Waals surface area contributed by atoms with E-state index in [1.807, 2.05) is 73.3 Å². The van der Waals surface area contributed by atoms with Crippen molar-refractivity contribution in [3.63, 3.8) is 0 Å². The lowest BCUT2D eigenvalue weighted by atomic mass is 9.72. The zero-order chi connectivity index (χ0) is 20.9. The van der Waals surface area contributed by atoms with Crippen LogP contribution in [0.2, 0.25) is 0 Å². The number of carbonyl (C=O) groups is 2. The van der Waals surface area contributed by atoms with Crippen molar-refractivity contribution in [3.05, 3.63) is 65.7 Å². The van der Waals surface area contributed by atoms with Crippen LogP contribution in [0.25, 0.3) is 0 Å². The fourth-order valence-electron chi connectivity index (χ4n) is 3.92. The molecule has 29 heavy (non-hydrogen) atoms. The minimum atomic E-state index is -0.603. The van der Waals surface area contributed by atoms with Crippen molar-refractivity contribution in [1.82, 2.24) is 10.2 Å². The Morgan fingerprint density at radius 1 is 1.03 bits per heavy atom. The Bertz CT molecular complexity index is 823. The van der Waals surface area contributed by atoms with Crippen LogP contribution in [-0.4, -0.2) is 35.9 Å². The molecule has 0 unspecified atom stereocenters. The Labute approximate surface area is 173 Å². The maximum atomic E-state index is 13.3. The van der Waals surface area contributed by atoms with E-state index in [4.69, 9.17) is 4.74 Å². The van der Waals surface area contributed by atoms with Crippen molar-refractivity contribution >= 4 is 11.8 Å². The van der Waals surface area contributed by atoms with Gasteiger partial charge in [0.25, 0.3) is 0 Å². The number of piperidine rings is 1. The smallest absolute Gasteiger partial charge is 0.231 e. The van der Waals surface area contributed by atoms with Crippen molar-refractivity contribution in [2.75, 3.05) is 13.1 Å². The van der Waals surface area contributed by atoms with Crippen LogP contribution in [0.4, 0.5) is 0 Å². The Morgan fingerprint density at radius 2 is 1.66 bits per heavy atom. The molecule has 3 rings (SSSR count). The lowest BCUT2D eigenvalue weighted by Crippen LogP contribution is -2.52. The normalized spacial score (nSPS) is 15.8. The van der Waals surface area contributed by atoms with Crippen LogP contribution in [0.15, 0.2) is 54.6 Å². The van der Waals surface area contributed by atoms with Gasteiger partial charge in [0.05, 0.1) is 11.5 Å². The summed E-state index contributed by atoms with van der Waals surface area (Å²) < 4.78 is 5.67. The second kappa shape index (κ2) is 9.12. The molecule has 0 aliphatic carbocycles. The average molecular weight is 395 g/mol. The largest absolute Gasteiger partial charge is 0.491 e. The van der Waals surface area contributed by atoms with Gasteiger partial charge in [-0.25, -0.2) is 0 Å². The molecular formula is C24H30N2O3. The maximum absolute atomic E-state index is 13.3. The third-order valence-corrected chi connectivity index (χ3v) is 5.57. The van der Waals surface area contributed by atoms with Gasteiger partial charge in [-0.2, -0.15) is 0 Å². The highest BCUT2D eigenvalue weighted by Crippen LogP contribution is 2.36. The van der Waals surface area contributed by atoms with Crippen LogP contribution in [0.3, 0.4) is 0 Å². The molecule has 5 heteroatoms. The van der Waals surface area contributed by atoms with Crippen molar-refractivity contribution in [1.29, 1.82) is 0 Å². The molecule has 0 radical (unpaired) electrons. The zero-order valence-corrected chi connectivity index (χ0v) is 17.5. The minimum Gasteiger partial charge on any atom is -0.491 e. The summed E-state index contributed by atoms with van der Waals surface area (Å²) in [5, 5.41) is 3.13. The van der Waals surface area contributed by atoms with Crippen molar-refractivity contribution in [2.45, 2.75) is 51.7 Å². The lowest BCUT2D eigenvalue weighted by Gasteiger charge is -2.40. The summed E-state index contributed by atoms with van der Waals surface area (Å²) in [6, 6.07) is 17.7. The molecule has 1 heterocycles. The highest BCUT2D eigenvalue weighted by molar-refractivity contribution is 5.88. The number of benzene rings is 2. The molecule has 0 spiro atoms. The highest BCUT2D eigenvalue weighted by Gasteiger charge is 2.43. The van der Waals surface area contributed by atoms with E-state index in [0.717, 1.165) is 16.9 Å². The molecule has 5 nitrogen and oxygen atoms in total. The molecule has 1 aliphatic rings. The topological polar surface area (TPSA) is 58.6 Å². The van der Waals surface area contributed by atoms with E-state index in [-0.39, 0.29) is 17.9 Å². The summed E-state index contributed by atoms with van der Waals surface area (Å²) >= 11 is 0. The van der Waals surface area contributed by atoms with Gasteiger partial charge in [0.15, 0.2) is 0 Å². The van der Waals surface area contributed by atoms with Gasteiger partial charge in [0.1, 0.15) is 5.75 Å². The molecule has 0 saturated carbocycles. The number of likely N-dealkylation sites (tertiary alicyclic amines) is 1. The Kier molecular flexibility index (Phi) is 6.57. The summed E-state index contributed by atoms with van der Waals surface area (Å²) in [6.45, 7) is 7.23. The first-order chi connectivity index (χ1) is 13.9. The van der Waals surface area contributed by atoms with Gasteiger partial charge in [-0.15, -0.1) is 0 Å². The lowest BCUT2D eigenvalue weighted by molar-refractivity contribution is -0.135. The summed E-state index contributed by atoms with van der Waals surface area (Å²) in [6.07, 6.45) is 1.39. The van der Waals surface area contributed by atoms with E-state index in [9.17, 15) is 9.59 Å². The molecule has 2 amide bonds. The molecule has 1 N–H and O–H groups in total. The number of rotatable bonds is 6. The number of nitrogens with one attached hydrogen (secondary N) is 1. The van der Waals surface area contributed by atoms with Crippen LogP contribution < -0.4 is 10.1 Å². The predicted molar refractivity (Wildman–Crippen MR) is 114 cm³/mol. The standard InChI is InChI=1S/C24H30N2O3/c1-18(2)29-22-11-9-20(10-12-22)17-25-23(28)24(21-7-5-4-6-8-21)13-15-26(16-14-24)19(3)27/h4-12,18H,13-17H2,1-3H3,(H,25,28). The molecule has 0 bridgehead atoms. The predicted octanol–water partition coefficient (Wildman–Crippen LogP) is 3.67. The molecule has 1 fully saturated rings. The number of hydrogen-bond acceptors (Lipinski definition) is 3. The van der Waals surface area contributed by atoms with Gasteiger partial charge in [-0.1, -0.05) is 42.5 Å². The van der Waals surface area contributed by atoms with E-state index >= 15 is 0 Å². The quantitative estimate of drug-likeness (QED) is 0.813. The molecule has 1 saturated heterocycles. The second-order valence-corrected chi connectivity index (χ2v) is 7.95. The summed E-state index contributed by atoms with van der Waals surface area (Å²) in [5.41, 5.74) is 1.44. The first kappa shape index (κ1) is 20.9. The number of carbonyl (C=O) groups excluding carboxylic acids is 2. The number of nitrogens with zero attached hydrogens (tertiary/aromatic N) is 1. The molecule has 0 aromatic heterocycles. The number of hydrogen-bond donors (Lipinski definition) is 1. The van der Waals surface area contributed by atoms with Crippen LogP contribution in [0, 0.1) is 0 Å². The molecule has 2 aromatic rings. The Balaban J connectivity index is 1.72. The van der Waals surface area contributed by atoms with Gasteiger partial charge in [-0.05, 0) is 49.9 Å². The summed E-state index contributed by atoms with van der Waals surface area (Å²) in [7, 11) is 0. The first-order valence-corrected chi connectivity index (χ1v) is 10.3. The van der Waals surface area contributed by atoms with Gasteiger partial charge >= 0.3 is 0 Å². The zero-order valence-electron chi connectivity index (χ0n) is 17.5. The molecule has 154 valence electrons. The average Bonchev–Trinajstić information content (AvgIpc) is 2.73. The SMILES string of the molecule is CC(=O)N1CCC(C(=O)NCc2ccc(OC(C)C)cc2)(c2ccccc2)CC1. The fraction of sp³-hybridized carbons (Fsp3) is 0.417. The van der Waals surface area contributed by atoms with E-state index in [1.54, 1.807) is 6.92 Å². The molecule has 0 atom stereocenters. The van der Waals surface area contributed by atoms with Crippen molar-refractivity contribution < 1.29 is 14.3 Å². The second-order valence-electron chi connectivity index (χ2n) is 7.95. The summed E-state index contributed by atoms with van der Waals surface area (Å²) in [5.74, 6) is 0.914. The first-order valence-electron chi connectivity index (χ1n) is 10.3. The van der Waals surface area contributed by atoms with Crippen LogP contribution in [0.1, 0.15) is 44.7 Å². The van der Waals surface area contributed by atoms with Crippen molar-refractivity contribution in [2.24, 2.45) is 0 Å². The van der Waals surface area contributed by atoms with Gasteiger partial charge in [0.2, 0.25) is 11.8 Å². The van der Waals surface area contributed by atoms with E-state index in [0.29, 0.717) is 32.5 Å². The Hall–Kier alpha value is -2.82. The van der Waals surface area contributed by atoms with Gasteiger partial charge in [0, 0.05) is 26.6 Å². The van der Waals surface area contributed by atoms with Gasteiger partial charge < -0.3 is 15.0 Å². The molecule has 2 aromatic carbocycles. The van der Waals surface area contributed by atoms with Crippen LogP contribution in [-0.2, 0) is 21.5 Å². The highest BCUT2D eigenvalue weighted by atomic mass is 16.5. The monoisotopic (exact) mass is 394 g/mol. The number of amides is 2. The van der Waals surface area contributed by atoms with E-state index in [2.05, 4.69) is 5.32 Å². The van der Waals surface area contributed by atoms with Gasteiger partial charge in [-0.3, -0.25) is 9.59 Å². The molecular weight excluding hydrogens is 364 g/mol. The Morgan fingerprint density at radius 3 is 2.21 bits per heavy atom. The third kappa shape index (κ3) is 4.97. The minimum absolute atomic E-state index is 0.0226. The van der Waals surface area contributed by atoms with Crippen molar-refractivity contribution in [3.8, 4) is 5.75 Å². The van der Waals surface area contributed by atoms with E-state index < -0.39 is 5.41 Å².